The zero-order valence-corrected chi connectivity index (χ0v) is 10.1. The van der Waals surface area contributed by atoms with Gasteiger partial charge in [-0.2, -0.15) is 0 Å². The molecule has 0 spiro atoms. The molecule has 0 fully saturated rings. The number of ether oxygens (including phenoxy) is 1. The van der Waals surface area contributed by atoms with Gasteiger partial charge in [-0.3, -0.25) is 9.59 Å². The first-order chi connectivity index (χ1) is 8.54. The summed E-state index contributed by atoms with van der Waals surface area (Å²) in [6.45, 7) is 0.0586. The van der Waals surface area contributed by atoms with Crippen LogP contribution in [0.5, 0.6) is 5.75 Å². The van der Waals surface area contributed by atoms with E-state index in [9.17, 15) is 9.59 Å². The van der Waals surface area contributed by atoms with Crippen molar-refractivity contribution in [3.63, 3.8) is 0 Å². The molecule has 0 heterocycles. The van der Waals surface area contributed by atoms with Crippen LogP contribution in [0.1, 0.15) is 10.4 Å². The van der Waals surface area contributed by atoms with Crippen molar-refractivity contribution in [3.8, 4) is 18.1 Å². The van der Waals surface area contributed by atoms with Crippen molar-refractivity contribution < 1.29 is 14.3 Å². The maximum Gasteiger partial charge on any atom is 0.255 e. The van der Waals surface area contributed by atoms with Crippen LogP contribution in [-0.4, -0.2) is 36.9 Å². The Balaban J connectivity index is 2.68. The van der Waals surface area contributed by atoms with E-state index in [1.165, 1.54) is 4.90 Å². The predicted octanol–water partition coefficient (Wildman–Crippen LogP) is 0.256. The highest BCUT2D eigenvalue weighted by atomic mass is 16.5. The van der Waals surface area contributed by atoms with Gasteiger partial charge >= 0.3 is 0 Å². The number of nitrogens with zero attached hydrogens (tertiary/aromatic N) is 1. The fourth-order valence-electron chi connectivity index (χ4n) is 1.28. The molecule has 0 bridgehead atoms. The second-order valence-corrected chi connectivity index (χ2v) is 3.64. The molecular weight excluding hydrogens is 232 g/mol. The Morgan fingerprint density at radius 3 is 2.50 bits per heavy atom. The topological polar surface area (TPSA) is 72.6 Å². The number of rotatable bonds is 5. The van der Waals surface area contributed by atoms with Gasteiger partial charge in [-0.15, -0.1) is 6.42 Å². The van der Waals surface area contributed by atoms with E-state index < -0.39 is 5.91 Å². The second-order valence-electron chi connectivity index (χ2n) is 3.64. The average molecular weight is 246 g/mol. The third-order valence-electron chi connectivity index (χ3n) is 2.16. The summed E-state index contributed by atoms with van der Waals surface area (Å²) in [6.07, 6.45) is 5.13. The minimum Gasteiger partial charge on any atom is -0.484 e. The molecule has 0 aliphatic rings. The van der Waals surface area contributed by atoms with Crippen LogP contribution in [0.2, 0.25) is 0 Å². The van der Waals surface area contributed by atoms with Gasteiger partial charge in [-0.1, -0.05) is 5.92 Å². The molecule has 5 nitrogen and oxygen atoms in total. The monoisotopic (exact) mass is 246 g/mol. The van der Waals surface area contributed by atoms with Gasteiger partial charge in [0.05, 0.1) is 6.54 Å². The highest BCUT2D eigenvalue weighted by molar-refractivity contribution is 5.94. The van der Waals surface area contributed by atoms with Gasteiger partial charge in [-0.05, 0) is 24.3 Å². The molecule has 18 heavy (non-hydrogen) atoms. The van der Waals surface area contributed by atoms with Crippen LogP contribution in [-0.2, 0) is 4.79 Å². The molecule has 0 unspecified atom stereocenters. The van der Waals surface area contributed by atoms with Crippen molar-refractivity contribution in [3.05, 3.63) is 29.8 Å². The summed E-state index contributed by atoms with van der Waals surface area (Å²) in [5.41, 5.74) is 5.45. The van der Waals surface area contributed by atoms with Crippen LogP contribution >= 0.6 is 0 Å². The van der Waals surface area contributed by atoms with E-state index in [-0.39, 0.29) is 19.1 Å². The number of carbonyl (C=O) groups is 2. The number of hydrogen-bond acceptors (Lipinski definition) is 3. The summed E-state index contributed by atoms with van der Waals surface area (Å²) in [7, 11) is 1.62. The minimum atomic E-state index is -0.552. The average Bonchev–Trinajstić information content (AvgIpc) is 2.36. The van der Waals surface area contributed by atoms with E-state index in [1.807, 2.05) is 0 Å². The molecule has 0 radical (unpaired) electrons. The van der Waals surface area contributed by atoms with Crippen LogP contribution < -0.4 is 10.5 Å². The highest BCUT2D eigenvalue weighted by Crippen LogP contribution is 2.13. The minimum absolute atomic E-state index is 0.172. The number of amides is 2. The number of carbonyl (C=O) groups excluding carboxylic acids is 2. The molecule has 0 saturated heterocycles. The van der Waals surface area contributed by atoms with Gasteiger partial charge in [0.1, 0.15) is 5.75 Å². The maximum absolute atomic E-state index is 11.8. The Bertz CT molecular complexity index is 474. The summed E-state index contributed by atoms with van der Waals surface area (Å²) < 4.78 is 5.08. The third kappa shape index (κ3) is 3.83. The lowest BCUT2D eigenvalue weighted by atomic mass is 10.2. The molecule has 94 valence electrons. The maximum atomic E-state index is 11.8. The normalized spacial score (nSPS) is 9.33. The van der Waals surface area contributed by atoms with Crippen molar-refractivity contribution in [2.75, 3.05) is 20.2 Å². The highest BCUT2D eigenvalue weighted by Gasteiger charge is 2.10. The molecule has 1 aromatic rings. The summed E-state index contributed by atoms with van der Waals surface area (Å²) in [5.74, 6) is 2.14. The Kier molecular flexibility index (Phi) is 4.76. The summed E-state index contributed by atoms with van der Waals surface area (Å²) >= 11 is 0. The molecular formula is C13H14N2O3. The lowest BCUT2D eigenvalue weighted by Crippen LogP contribution is -2.26. The summed E-state index contributed by atoms with van der Waals surface area (Å²) in [4.78, 5) is 23.8. The Morgan fingerprint density at radius 1 is 1.39 bits per heavy atom. The molecule has 2 amide bonds. The van der Waals surface area contributed by atoms with Gasteiger partial charge in [0.15, 0.2) is 6.61 Å². The van der Waals surface area contributed by atoms with E-state index in [2.05, 4.69) is 5.92 Å². The fourth-order valence-corrected chi connectivity index (χ4v) is 1.28. The molecule has 0 aliphatic heterocycles. The first-order valence-electron chi connectivity index (χ1n) is 5.24. The molecule has 0 aromatic heterocycles. The van der Waals surface area contributed by atoms with Crippen molar-refractivity contribution in [2.24, 2.45) is 5.73 Å². The SMILES string of the molecule is C#CCN(C)C(=O)c1ccc(OCC(N)=O)cc1. The van der Waals surface area contributed by atoms with E-state index in [1.54, 1.807) is 31.3 Å². The van der Waals surface area contributed by atoms with Crippen molar-refractivity contribution in [2.45, 2.75) is 0 Å². The van der Waals surface area contributed by atoms with Crippen LogP contribution in [0, 0.1) is 12.3 Å². The Morgan fingerprint density at radius 2 is 2.00 bits per heavy atom. The van der Waals surface area contributed by atoms with E-state index in [0.717, 1.165) is 0 Å². The zero-order chi connectivity index (χ0) is 13.5. The van der Waals surface area contributed by atoms with Crippen molar-refractivity contribution >= 4 is 11.8 Å². The molecule has 1 aromatic carbocycles. The molecule has 5 heteroatoms. The smallest absolute Gasteiger partial charge is 0.255 e. The summed E-state index contributed by atoms with van der Waals surface area (Å²) in [5, 5.41) is 0. The third-order valence-corrected chi connectivity index (χ3v) is 2.16. The van der Waals surface area contributed by atoms with Crippen LogP contribution in [0.3, 0.4) is 0 Å². The van der Waals surface area contributed by atoms with E-state index in [4.69, 9.17) is 16.9 Å². The van der Waals surface area contributed by atoms with Crippen molar-refractivity contribution in [1.29, 1.82) is 0 Å². The number of nitrogens with two attached hydrogens (primary N) is 1. The van der Waals surface area contributed by atoms with Crippen LogP contribution in [0.4, 0.5) is 0 Å². The van der Waals surface area contributed by atoms with Gasteiger partial charge in [0, 0.05) is 12.6 Å². The molecule has 0 aliphatic carbocycles. The second kappa shape index (κ2) is 6.30. The van der Waals surface area contributed by atoms with Crippen LogP contribution in [0.15, 0.2) is 24.3 Å². The number of primary amides is 1. The first-order valence-corrected chi connectivity index (χ1v) is 5.24. The van der Waals surface area contributed by atoms with Crippen molar-refractivity contribution in [1.82, 2.24) is 4.90 Å². The Labute approximate surface area is 106 Å². The van der Waals surface area contributed by atoms with E-state index >= 15 is 0 Å². The molecule has 1 rings (SSSR count). The lowest BCUT2D eigenvalue weighted by Gasteiger charge is -2.13. The largest absolute Gasteiger partial charge is 0.484 e. The number of hydrogen-bond donors (Lipinski definition) is 1. The first kappa shape index (κ1) is 13.6. The van der Waals surface area contributed by atoms with E-state index in [0.29, 0.717) is 11.3 Å². The number of benzene rings is 1. The molecule has 2 N–H and O–H groups in total. The standard InChI is InChI=1S/C13H14N2O3/c1-3-8-15(2)13(17)10-4-6-11(7-5-10)18-9-12(14)16/h1,4-7H,8-9H2,2H3,(H2,14,16). The van der Waals surface area contributed by atoms with Gasteiger partial charge in [0.2, 0.25) is 0 Å². The van der Waals surface area contributed by atoms with Gasteiger partial charge in [0.25, 0.3) is 11.8 Å². The predicted molar refractivity (Wildman–Crippen MR) is 66.9 cm³/mol. The summed E-state index contributed by atoms with van der Waals surface area (Å²) in [6, 6.07) is 6.40. The molecule has 0 atom stereocenters. The molecule has 0 saturated carbocycles. The van der Waals surface area contributed by atoms with Gasteiger partial charge in [-0.25, -0.2) is 0 Å². The van der Waals surface area contributed by atoms with Gasteiger partial charge < -0.3 is 15.4 Å². The van der Waals surface area contributed by atoms with Crippen LogP contribution in [0.25, 0.3) is 0 Å². The fraction of sp³-hybridized carbons (Fsp3) is 0.231. The number of terminal acetylenes is 1. The Hall–Kier alpha value is -2.48. The quantitative estimate of drug-likeness (QED) is 0.757. The lowest BCUT2D eigenvalue weighted by molar-refractivity contribution is -0.119. The zero-order valence-electron chi connectivity index (χ0n) is 10.1.